The summed E-state index contributed by atoms with van der Waals surface area (Å²) >= 11 is 0. The van der Waals surface area contributed by atoms with Crippen molar-refractivity contribution in [3.63, 3.8) is 0 Å². The van der Waals surface area contributed by atoms with Crippen LogP contribution in [0, 0.1) is 20.2 Å². The van der Waals surface area contributed by atoms with Crippen LogP contribution in [-0.4, -0.2) is 31.9 Å². The number of aromatic nitrogens is 1. The number of rotatable bonds is 7. The van der Waals surface area contributed by atoms with E-state index in [0.717, 1.165) is 34.7 Å². The number of carboxylic acid groups (broad SMARTS) is 1. The maximum atomic E-state index is 11.7. The molecule has 0 radical (unpaired) electrons. The number of carboxylic acids is 1. The summed E-state index contributed by atoms with van der Waals surface area (Å²) < 4.78 is 0. The number of non-ortho nitro benzene ring substituents is 1. The van der Waals surface area contributed by atoms with Crippen molar-refractivity contribution in [2.24, 2.45) is 0 Å². The summed E-state index contributed by atoms with van der Waals surface area (Å²) in [5.41, 5.74) is 0.469. The van der Waals surface area contributed by atoms with Crippen molar-refractivity contribution in [2.75, 3.05) is 5.32 Å². The minimum Gasteiger partial charge on any atom is -0.480 e. The Hall–Kier alpha value is -3.95. The average Bonchev–Trinajstić information content (AvgIpc) is 3.04. The van der Waals surface area contributed by atoms with Gasteiger partial charge in [-0.05, 0) is 17.7 Å². The van der Waals surface area contributed by atoms with Crippen LogP contribution in [0.15, 0.2) is 48.7 Å². The van der Waals surface area contributed by atoms with Crippen LogP contribution in [0.2, 0.25) is 0 Å². The second-order valence-electron chi connectivity index (χ2n) is 5.81. The number of hydrogen-bond acceptors (Lipinski definition) is 6. The third-order valence-corrected chi connectivity index (χ3v) is 4.12. The molecule has 0 unspecified atom stereocenters. The Balaban J connectivity index is 1.92. The zero-order valence-corrected chi connectivity index (χ0v) is 13.8. The molecule has 1 heterocycles. The van der Waals surface area contributed by atoms with E-state index in [9.17, 15) is 30.1 Å². The highest BCUT2D eigenvalue weighted by Gasteiger charge is 2.25. The van der Waals surface area contributed by atoms with Crippen molar-refractivity contribution in [3.8, 4) is 0 Å². The normalized spacial score (nSPS) is 11.9. The zero-order chi connectivity index (χ0) is 19.6. The number of aliphatic carboxylic acids is 1. The lowest BCUT2D eigenvalue weighted by Crippen LogP contribution is -2.31. The summed E-state index contributed by atoms with van der Waals surface area (Å²) in [6.45, 7) is 0. The van der Waals surface area contributed by atoms with Gasteiger partial charge in [0.1, 0.15) is 11.7 Å². The van der Waals surface area contributed by atoms with Gasteiger partial charge in [-0.2, -0.15) is 0 Å². The number of nitrogens with one attached hydrogen (secondary N) is 2. The van der Waals surface area contributed by atoms with Gasteiger partial charge in [-0.1, -0.05) is 18.2 Å². The largest absolute Gasteiger partial charge is 0.480 e. The zero-order valence-electron chi connectivity index (χ0n) is 13.8. The quantitative estimate of drug-likeness (QED) is 0.427. The van der Waals surface area contributed by atoms with Gasteiger partial charge in [0.2, 0.25) is 0 Å². The first kappa shape index (κ1) is 17.9. The van der Waals surface area contributed by atoms with E-state index in [-0.39, 0.29) is 12.1 Å². The molecule has 10 heteroatoms. The molecule has 2 aromatic carbocycles. The first-order chi connectivity index (χ1) is 12.9. The van der Waals surface area contributed by atoms with Crippen molar-refractivity contribution in [1.82, 2.24) is 4.98 Å². The maximum Gasteiger partial charge on any atom is 0.326 e. The topological polar surface area (TPSA) is 151 Å². The number of anilines is 1. The predicted octanol–water partition coefficient (Wildman–Crippen LogP) is 3.09. The molecule has 3 N–H and O–H groups in total. The smallest absolute Gasteiger partial charge is 0.326 e. The number of nitro benzene ring substituents is 2. The Morgan fingerprint density at radius 2 is 1.89 bits per heavy atom. The van der Waals surface area contributed by atoms with Crippen LogP contribution in [0.3, 0.4) is 0 Å². The molecular formula is C17H14N4O6. The van der Waals surface area contributed by atoms with E-state index in [4.69, 9.17) is 0 Å². The number of nitro groups is 2. The maximum absolute atomic E-state index is 11.7. The number of carbonyl (C=O) groups is 1. The number of H-pyrrole nitrogens is 1. The summed E-state index contributed by atoms with van der Waals surface area (Å²) in [7, 11) is 0. The van der Waals surface area contributed by atoms with E-state index in [0.29, 0.717) is 0 Å². The molecule has 3 aromatic rings. The highest BCUT2D eigenvalue weighted by atomic mass is 16.6. The molecular weight excluding hydrogens is 356 g/mol. The number of hydrogen-bond donors (Lipinski definition) is 3. The van der Waals surface area contributed by atoms with Crippen LogP contribution < -0.4 is 5.32 Å². The standard InChI is InChI=1S/C17H14N4O6/c22-17(23)15(7-10-9-18-13-4-2-1-3-12(10)13)19-14-6-5-11(20(24)25)8-16(14)21(26)27/h1-6,8-9,15,18-19H,7H2,(H,22,23)/t15-/m1/s1. The van der Waals surface area contributed by atoms with Crippen LogP contribution in [0.1, 0.15) is 5.56 Å². The Labute approximate surface area is 151 Å². The molecule has 1 atom stereocenters. The Kier molecular flexibility index (Phi) is 4.71. The molecule has 138 valence electrons. The summed E-state index contributed by atoms with van der Waals surface area (Å²) in [5.74, 6) is -1.20. The van der Waals surface area contributed by atoms with Crippen LogP contribution in [0.25, 0.3) is 10.9 Å². The molecule has 0 saturated heterocycles. The number of fused-ring (bicyclic) bond motifs is 1. The first-order valence-corrected chi connectivity index (χ1v) is 7.84. The van der Waals surface area contributed by atoms with Crippen molar-refractivity contribution < 1.29 is 19.7 Å². The molecule has 1 aromatic heterocycles. The van der Waals surface area contributed by atoms with Gasteiger partial charge in [-0.15, -0.1) is 0 Å². The predicted molar refractivity (Wildman–Crippen MR) is 96.8 cm³/mol. The fourth-order valence-electron chi connectivity index (χ4n) is 2.81. The van der Waals surface area contributed by atoms with Crippen LogP contribution >= 0.6 is 0 Å². The minimum absolute atomic E-state index is 0.0630. The second-order valence-corrected chi connectivity index (χ2v) is 5.81. The SMILES string of the molecule is O=C(O)[C@@H](Cc1c[nH]c2ccccc12)Nc1ccc([N+](=O)[O-])cc1[N+](=O)[O-]. The van der Waals surface area contributed by atoms with Gasteiger partial charge >= 0.3 is 5.97 Å². The third-order valence-electron chi connectivity index (χ3n) is 4.12. The number of para-hydroxylation sites is 1. The van der Waals surface area contributed by atoms with E-state index in [2.05, 4.69) is 10.3 Å². The Morgan fingerprint density at radius 1 is 1.15 bits per heavy atom. The Bertz CT molecular complexity index is 1040. The van der Waals surface area contributed by atoms with Gasteiger partial charge in [-0.25, -0.2) is 4.79 Å². The summed E-state index contributed by atoms with van der Waals surface area (Å²) in [6, 6.07) is 9.22. The van der Waals surface area contributed by atoms with Crippen LogP contribution in [0.4, 0.5) is 17.1 Å². The van der Waals surface area contributed by atoms with E-state index >= 15 is 0 Å². The number of nitrogens with zero attached hydrogens (tertiary/aromatic N) is 2. The highest BCUT2D eigenvalue weighted by Crippen LogP contribution is 2.30. The average molecular weight is 370 g/mol. The fraction of sp³-hybridized carbons (Fsp3) is 0.118. The second kappa shape index (κ2) is 7.12. The minimum atomic E-state index is -1.20. The molecule has 0 aliphatic rings. The third kappa shape index (κ3) is 3.68. The highest BCUT2D eigenvalue weighted by molar-refractivity contribution is 5.85. The van der Waals surface area contributed by atoms with Crippen molar-refractivity contribution in [3.05, 3.63) is 74.5 Å². The molecule has 10 nitrogen and oxygen atoms in total. The molecule has 0 bridgehead atoms. The molecule has 0 amide bonds. The first-order valence-electron chi connectivity index (χ1n) is 7.84. The summed E-state index contributed by atoms with van der Waals surface area (Å²) in [4.78, 5) is 35.2. The van der Waals surface area contributed by atoms with E-state index in [1.165, 1.54) is 0 Å². The Morgan fingerprint density at radius 3 is 2.56 bits per heavy atom. The van der Waals surface area contributed by atoms with Crippen molar-refractivity contribution >= 4 is 33.9 Å². The van der Waals surface area contributed by atoms with Crippen LogP contribution in [-0.2, 0) is 11.2 Å². The molecule has 0 saturated carbocycles. The van der Waals surface area contributed by atoms with Gasteiger partial charge in [-0.3, -0.25) is 20.2 Å². The van der Waals surface area contributed by atoms with Gasteiger partial charge in [0.15, 0.2) is 0 Å². The monoisotopic (exact) mass is 370 g/mol. The van der Waals surface area contributed by atoms with Gasteiger partial charge in [0, 0.05) is 29.6 Å². The van der Waals surface area contributed by atoms with Gasteiger partial charge < -0.3 is 15.4 Å². The lowest BCUT2D eigenvalue weighted by atomic mass is 10.0. The van der Waals surface area contributed by atoms with E-state index < -0.39 is 33.2 Å². The summed E-state index contributed by atoms with van der Waals surface area (Å²) in [6.07, 6.45) is 1.75. The van der Waals surface area contributed by atoms with Gasteiger partial charge in [0.25, 0.3) is 11.4 Å². The molecule has 3 rings (SSSR count). The number of aromatic amines is 1. The lowest BCUT2D eigenvalue weighted by Gasteiger charge is -2.15. The molecule has 0 spiro atoms. The molecule has 27 heavy (non-hydrogen) atoms. The number of benzene rings is 2. The van der Waals surface area contributed by atoms with E-state index in [1.807, 2.05) is 24.3 Å². The van der Waals surface area contributed by atoms with E-state index in [1.54, 1.807) is 6.20 Å². The molecule has 0 aliphatic carbocycles. The van der Waals surface area contributed by atoms with Crippen LogP contribution in [0.5, 0.6) is 0 Å². The van der Waals surface area contributed by atoms with Gasteiger partial charge in [0.05, 0.1) is 15.9 Å². The molecule has 0 aliphatic heterocycles. The van der Waals surface area contributed by atoms with Crippen molar-refractivity contribution in [2.45, 2.75) is 12.5 Å². The lowest BCUT2D eigenvalue weighted by molar-refractivity contribution is -0.393. The fourth-order valence-corrected chi connectivity index (χ4v) is 2.81. The van der Waals surface area contributed by atoms with Crippen molar-refractivity contribution in [1.29, 1.82) is 0 Å². The summed E-state index contributed by atoms with van der Waals surface area (Å²) in [5, 5.41) is 35.0. The molecule has 0 fully saturated rings.